The van der Waals surface area contributed by atoms with Crippen molar-refractivity contribution in [1.29, 1.82) is 0 Å². The van der Waals surface area contributed by atoms with Gasteiger partial charge in [-0.2, -0.15) is 0 Å². The molecule has 1 heterocycles. The molecule has 4 nitrogen and oxygen atoms in total. The summed E-state index contributed by atoms with van der Waals surface area (Å²) in [5.74, 6) is 0.863. The maximum atomic E-state index is 5.56. The largest absolute Gasteiger partial charge is 0.491 e. The highest BCUT2D eigenvalue weighted by molar-refractivity contribution is 5.49. The lowest BCUT2D eigenvalue weighted by molar-refractivity contribution is 0.146. The highest BCUT2D eigenvalue weighted by Gasteiger charge is 2.23. The van der Waals surface area contributed by atoms with E-state index in [1.54, 1.807) is 7.11 Å². The number of aryl methyl sites for hydroxylation is 1. The number of hydrogen-bond acceptors (Lipinski definition) is 4. The van der Waals surface area contributed by atoms with Gasteiger partial charge in [-0.05, 0) is 48.7 Å². The monoisotopic (exact) mass is 284 g/mol. The molecule has 0 fully saturated rings. The van der Waals surface area contributed by atoms with Gasteiger partial charge < -0.3 is 14.8 Å². The van der Waals surface area contributed by atoms with Crippen molar-refractivity contribution >= 4 is 5.69 Å². The van der Waals surface area contributed by atoms with E-state index in [0.29, 0.717) is 19.3 Å². The van der Waals surface area contributed by atoms with Gasteiger partial charge in [0.05, 0.1) is 18.3 Å². The van der Waals surface area contributed by atoms with Crippen molar-refractivity contribution < 1.29 is 9.47 Å². The van der Waals surface area contributed by atoms with E-state index in [0.717, 1.165) is 24.3 Å². The Labute approximate surface area is 125 Å². The zero-order chi connectivity index (χ0) is 14.5. The lowest BCUT2D eigenvalue weighted by Gasteiger charge is -2.15. The maximum Gasteiger partial charge on any atom is 0.119 e. The molecular weight excluding hydrogens is 264 g/mol. The van der Waals surface area contributed by atoms with Crippen molar-refractivity contribution in [2.45, 2.75) is 18.9 Å². The third-order valence-corrected chi connectivity index (χ3v) is 3.71. The number of aromatic nitrogens is 1. The van der Waals surface area contributed by atoms with E-state index in [9.17, 15) is 0 Å². The van der Waals surface area contributed by atoms with E-state index >= 15 is 0 Å². The summed E-state index contributed by atoms with van der Waals surface area (Å²) in [5.41, 5.74) is 3.63. The Morgan fingerprint density at radius 2 is 2.05 bits per heavy atom. The van der Waals surface area contributed by atoms with Gasteiger partial charge in [0.1, 0.15) is 12.4 Å². The molecule has 4 heteroatoms. The topological polar surface area (TPSA) is 43.4 Å². The van der Waals surface area contributed by atoms with E-state index in [-0.39, 0.29) is 0 Å². The summed E-state index contributed by atoms with van der Waals surface area (Å²) >= 11 is 0. The van der Waals surface area contributed by atoms with Crippen LogP contribution in [0.2, 0.25) is 0 Å². The van der Waals surface area contributed by atoms with Crippen LogP contribution < -0.4 is 10.1 Å². The molecule has 2 aromatic rings. The van der Waals surface area contributed by atoms with Crippen LogP contribution in [-0.4, -0.2) is 25.3 Å². The summed E-state index contributed by atoms with van der Waals surface area (Å²) in [6.07, 6.45) is 4.06. The Hall–Kier alpha value is -2.07. The van der Waals surface area contributed by atoms with Crippen LogP contribution >= 0.6 is 0 Å². The minimum absolute atomic E-state index is 0.307. The van der Waals surface area contributed by atoms with Crippen molar-refractivity contribution in [3.8, 4) is 5.75 Å². The summed E-state index contributed by atoms with van der Waals surface area (Å²) in [7, 11) is 1.67. The zero-order valence-corrected chi connectivity index (χ0v) is 12.2. The average Bonchev–Trinajstić information content (AvgIpc) is 2.93. The molecule has 1 atom stereocenters. The maximum absolute atomic E-state index is 5.56. The molecule has 0 saturated heterocycles. The lowest BCUT2D eigenvalue weighted by Crippen LogP contribution is -2.08. The van der Waals surface area contributed by atoms with Crippen molar-refractivity contribution in [2.24, 2.45) is 0 Å². The van der Waals surface area contributed by atoms with Crippen LogP contribution in [0.4, 0.5) is 5.69 Å². The number of ether oxygens (including phenoxy) is 2. The van der Waals surface area contributed by atoms with Crippen molar-refractivity contribution in [1.82, 2.24) is 4.98 Å². The van der Waals surface area contributed by atoms with Crippen LogP contribution in [0.25, 0.3) is 0 Å². The van der Waals surface area contributed by atoms with Crippen LogP contribution in [-0.2, 0) is 11.2 Å². The van der Waals surface area contributed by atoms with Gasteiger partial charge >= 0.3 is 0 Å². The first-order valence-electron chi connectivity index (χ1n) is 7.29. The summed E-state index contributed by atoms with van der Waals surface area (Å²) in [5, 5.41) is 3.55. The number of fused-ring (bicyclic) bond motifs is 1. The van der Waals surface area contributed by atoms with Crippen LogP contribution in [0, 0.1) is 0 Å². The van der Waals surface area contributed by atoms with Crippen LogP contribution in [0.3, 0.4) is 0 Å². The summed E-state index contributed by atoms with van der Waals surface area (Å²) in [4.78, 5) is 4.50. The fraction of sp³-hybridized carbons (Fsp3) is 0.353. The molecule has 1 N–H and O–H groups in total. The van der Waals surface area contributed by atoms with Crippen molar-refractivity contribution in [2.75, 3.05) is 25.6 Å². The molecule has 1 aliphatic rings. The standard InChI is InChI=1S/C17H20N2O2/c1-20-11-12-21-15-7-5-14(6-8-15)19-16-9-4-13-3-2-10-18-17(13)16/h2-3,5-8,10,16,19H,4,9,11-12H2,1H3. The van der Waals surface area contributed by atoms with Gasteiger partial charge in [-0.25, -0.2) is 0 Å². The van der Waals surface area contributed by atoms with E-state index in [1.165, 1.54) is 11.3 Å². The Kier molecular flexibility index (Phi) is 4.36. The molecule has 0 bridgehead atoms. The molecule has 21 heavy (non-hydrogen) atoms. The summed E-state index contributed by atoms with van der Waals surface area (Å²) in [6, 6.07) is 12.5. The molecule has 0 amide bonds. The summed E-state index contributed by atoms with van der Waals surface area (Å²) < 4.78 is 10.5. The third-order valence-electron chi connectivity index (χ3n) is 3.71. The first-order valence-corrected chi connectivity index (χ1v) is 7.29. The minimum atomic E-state index is 0.307. The molecule has 0 spiro atoms. The highest BCUT2D eigenvalue weighted by Crippen LogP contribution is 2.32. The van der Waals surface area contributed by atoms with Crippen LogP contribution in [0.1, 0.15) is 23.7 Å². The number of benzene rings is 1. The van der Waals surface area contributed by atoms with Crippen LogP contribution in [0.15, 0.2) is 42.6 Å². The van der Waals surface area contributed by atoms with Gasteiger partial charge in [0.25, 0.3) is 0 Å². The zero-order valence-electron chi connectivity index (χ0n) is 12.2. The van der Waals surface area contributed by atoms with Crippen LogP contribution in [0.5, 0.6) is 5.75 Å². The normalized spacial score (nSPS) is 16.5. The number of methoxy groups -OCH3 is 1. The van der Waals surface area contributed by atoms with Gasteiger partial charge in [-0.3, -0.25) is 4.98 Å². The van der Waals surface area contributed by atoms with Gasteiger partial charge in [0, 0.05) is 19.0 Å². The Morgan fingerprint density at radius 1 is 1.19 bits per heavy atom. The number of rotatable bonds is 6. The predicted octanol–water partition coefficient (Wildman–Crippen LogP) is 3.21. The number of nitrogens with zero attached hydrogens (tertiary/aromatic N) is 1. The number of nitrogens with one attached hydrogen (secondary N) is 1. The van der Waals surface area contributed by atoms with Gasteiger partial charge in [-0.1, -0.05) is 6.07 Å². The first kappa shape index (κ1) is 13.9. The Bertz CT molecular complexity index is 584. The van der Waals surface area contributed by atoms with E-state index in [4.69, 9.17) is 9.47 Å². The smallest absolute Gasteiger partial charge is 0.119 e. The second-order valence-corrected chi connectivity index (χ2v) is 5.15. The molecule has 1 aromatic carbocycles. The van der Waals surface area contributed by atoms with E-state index < -0.39 is 0 Å². The molecular formula is C17H20N2O2. The fourth-order valence-electron chi connectivity index (χ4n) is 2.64. The fourth-order valence-corrected chi connectivity index (χ4v) is 2.64. The second-order valence-electron chi connectivity index (χ2n) is 5.15. The number of hydrogen-bond donors (Lipinski definition) is 1. The second kappa shape index (κ2) is 6.59. The molecule has 0 saturated carbocycles. The quantitative estimate of drug-likeness (QED) is 0.827. The molecule has 1 unspecified atom stereocenters. The molecule has 0 radical (unpaired) electrons. The van der Waals surface area contributed by atoms with Gasteiger partial charge in [0.2, 0.25) is 0 Å². The molecule has 1 aliphatic carbocycles. The number of anilines is 1. The predicted molar refractivity (Wildman–Crippen MR) is 82.7 cm³/mol. The average molecular weight is 284 g/mol. The first-order chi connectivity index (χ1) is 10.4. The third kappa shape index (κ3) is 3.34. The van der Waals surface area contributed by atoms with E-state index in [2.05, 4.69) is 16.4 Å². The molecule has 110 valence electrons. The van der Waals surface area contributed by atoms with Crippen molar-refractivity contribution in [3.63, 3.8) is 0 Å². The lowest BCUT2D eigenvalue weighted by atomic mass is 10.2. The molecule has 3 rings (SSSR count). The Balaban J connectivity index is 1.61. The SMILES string of the molecule is COCCOc1ccc(NC2CCc3cccnc32)cc1. The summed E-state index contributed by atoms with van der Waals surface area (Å²) in [6.45, 7) is 1.17. The molecule has 1 aromatic heterocycles. The van der Waals surface area contributed by atoms with Gasteiger partial charge in [0.15, 0.2) is 0 Å². The van der Waals surface area contributed by atoms with E-state index in [1.807, 2.05) is 36.5 Å². The van der Waals surface area contributed by atoms with Crippen molar-refractivity contribution in [3.05, 3.63) is 53.9 Å². The number of pyridine rings is 1. The highest BCUT2D eigenvalue weighted by atomic mass is 16.5. The Morgan fingerprint density at radius 3 is 2.86 bits per heavy atom. The van der Waals surface area contributed by atoms with Gasteiger partial charge in [-0.15, -0.1) is 0 Å². The minimum Gasteiger partial charge on any atom is -0.491 e. The molecule has 0 aliphatic heterocycles.